The van der Waals surface area contributed by atoms with E-state index in [0.717, 1.165) is 0 Å². The van der Waals surface area contributed by atoms with E-state index in [1.54, 1.807) is 16.6 Å². The van der Waals surface area contributed by atoms with Gasteiger partial charge in [0.15, 0.2) is 11.7 Å². The number of likely N-dealkylation sites (tertiary alicyclic amines) is 1. The normalized spacial score (nSPS) is 20.0. The van der Waals surface area contributed by atoms with Crippen molar-refractivity contribution in [1.82, 2.24) is 24.6 Å². The Balaban J connectivity index is 1.49. The molecule has 2 aromatic rings. The summed E-state index contributed by atoms with van der Waals surface area (Å²) < 4.78 is 11.4. The lowest BCUT2D eigenvalue weighted by atomic mass is 10.0. The van der Waals surface area contributed by atoms with Crippen LogP contribution in [0.3, 0.4) is 0 Å². The molecule has 2 aliphatic heterocycles. The number of fused-ring (bicyclic) bond motifs is 1. The van der Waals surface area contributed by atoms with Crippen LogP contribution in [0.25, 0.3) is 11.0 Å². The van der Waals surface area contributed by atoms with Gasteiger partial charge in [-0.05, 0) is 19.8 Å². The molecule has 2 aromatic heterocycles. The lowest BCUT2D eigenvalue weighted by Crippen LogP contribution is -2.52. The number of aromatic nitrogens is 3. The molecular weight excluding hydrogens is 414 g/mol. The van der Waals surface area contributed by atoms with Gasteiger partial charge in [0.1, 0.15) is 6.61 Å². The molecule has 4 heterocycles. The number of nitrogens with zero attached hydrogens (tertiary/aromatic N) is 5. The van der Waals surface area contributed by atoms with E-state index < -0.39 is 18.1 Å². The van der Waals surface area contributed by atoms with Crippen LogP contribution < -0.4 is 0 Å². The van der Waals surface area contributed by atoms with E-state index in [4.69, 9.17) is 21.1 Å². The first-order chi connectivity index (χ1) is 14.3. The van der Waals surface area contributed by atoms with E-state index >= 15 is 0 Å². The summed E-state index contributed by atoms with van der Waals surface area (Å²) in [6.07, 6.45) is 1.99. The van der Waals surface area contributed by atoms with Crippen molar-refractivity contribution in [3.8, 4) is 0 Å². The van der Waals surface area contributed by atoms with Gasteiger partial charge in [-0.1, -0.05) is 11.6 Å². The van der Waals surface area contributed by atoms with Crippen LogP contribution in [0.1, 0.15) is 28.9 Å². The Labute approximate surface area is 177 Å². The smallest absolute Gasteiger partial charge is 0.410 e. The minimum absolute atomic E-state index is 0.0175. The van der Waals surface area contributed by atoms with Crippen molar-refractivity contribution in [2.75, 3.05) is 26.8 Å². The first kappa shape index (κ1) is 20.4. The van der Waals surface area contributed by atoms with Crippen LogP contribution in [-0.2, 0) is 21.3 Å². The Hall–Kier alpha value is -2.88. The third-order valence-corrected chi connectivity index (χ3v) is 6.12. The summed E-state index contributed by atoms with van der Waals surface area (Å²) >= 11 is 6.53. The van der Waals surface area contributed by atoms with E-state index in [2.05, 4.69) is 10.1 Å². The molecule has 2 amide bonds. The summed E-state index contributed by atoms with van der Waals surface area (Å²) in [6.45, 7) is 2.64. The van der Waals surface area contributed by atoms with Crippen LogP contribution in [0.5, 0.6) is 0 Å². The molecule has 0 bridgehead atoms. The molecule has 0 unspecified atom stereocenters. The molecule has 11 heteroatoms. The van der Waals surface area contributed by atoms with Crippen molar-refractivity contribution in [3.05, 3.63) is 22.5 Å². The van der Waals surface area contributed by atoms with Gasteiger partial charge < -0.3 is 14.4 Å². The van der Waals surface area contributed by atoms with Crippen molar-refractivity contribution >= 4 is 40.6 Å². The second-order valence-corrected chi connectivity index (χ2v) is 7.82. The van der Waals surface area contributed by atoms with Crippen LogP contribution in [0, 0.1) is 6.92 Å². The number of carbonyl (C=O) groups is 3. The maximum Gasteiger partial charge on any atom is 0.410 e. The maximum atomic E-state index is 13.1. The van der Waals surface area contributed by atoms with Gasteiger partial charge in [0, 0.05) is 32.4 Å². The fraction of sp³-hybridized carbons (Fsp3) is 0.526. The number of piperidine rings is 1. The van der Waals surface area contributed by atoms with Crippen molar-refractivity contribution < 1.29 is 23.9 Å². The Kier molecular flexibility index (Phi) is 5.27. The van der Waals surface area contributed by atoms with E-state index in [1.165, 1.54) is 18.2 Å². The molecule has 0 N–H and O–H groups in total. The zero-order valence-corrected chi connectivity index (χ0v) is 17.7. The average molecular weight is 436 g/mol. The largest absolute Gasteiger partial charge is 0.467 e. The highest BCUT2D eigenvalue weighted by Gasteiger charge is 2.44. The number of ether oxygens (including phenoxy) is 2. The van der Waals surface area contributed by atoms with Gasteiger partial charge >= 0.3 is 12.1 Å². The van der Waals surface area contributed by atoms with E-state index in [1.807, 2.05) is 6.92 Å². The molecule has 0 aliphatic carbocycles. The number of methoxy groups -OCH3 is 1. The molecule has 0 aromatic carbocycles. The van der Waals surface area contributed by atoms with E-state index in [0.29, 0.717) is 53.2 Å². The highest BCUT2D eigenvalue weighted by molar-refractivity contribution is 6.38. The summed E-state index contributed by atoms with van der Waals surface area (Å²) in [4.78, 5) is 44.6. The number of pyridine rings is 1. The fourth-order valence-corrected chi connectivity index (χ4v) is 4.54. The quantitative estimate of drug-likeness (QED) is 0.673. The molecule has 0 saturated carbocycles. The summed E-state index contributed by atoms with van der Waals surface area (Å²) in [5, 5.41) is 5.32. The van der Waals surface area contributed by atoms with Crippen LogP contribution in [-0.4, -0.2) is 81.4 Å². The van der Waals surface area contributed by atoms with Gasteiger partial charge in [0.2, 0.25) is 0 Å². The van der Waals surface area contributed by atoms with Crippen LogP contribution in [0.15, 0.2) is 6.20 Å². The number of cyclic esters (lactones) is 1. The van der Waals surface area contributed by atoms with Gasteiger partial charge in [-0.15, -0.1) is 0 Å². The van der Waals surface area contributed by atoms with Crippen LogP contribution in [0.2, 0.25) is 5.02 Å². The number of aryl methyl sites for hydroxylation is 2. The molecule has 10 nitrogen and oxygen atoms in total. The molecule has 1 atom stereocenters. The zero-order chi connectivity index (χ0) is 21.6. The molecule has 2 fully saturated rings. The molecule has 160 valence electrons. The Morgan fingerprint density at radius 3 is 2.67 bits per heavy atom. The van der Waals surface area contributed by atoms with Gasteiger partial charge in [0.25, 0.3) is 5.91 Å². The maximum absolute atomic E-state index is 13.1. The van der Waals surface area contributed by atoms with Crippen molar-refractivity contribution in [1.29, 1.82) is 0 Å². The molecule has 2 aliphatic rings. The Morgan fingerprint density at radius 2 is 2.00 bits per heavy atom. The predicted molar refractivity (Wildman–Crippen MR) is 106 cm³/mol. The number of rotatable bonds is 3. The summed E-state index contributed by atoms with van der Waals surface area (Å²) in [5.41, 5.74) is 1.65. The molecule has 0 radical (unpaired) electrons. The lowest BCUT2D eigenvalue weighted by molar-refractivity contribution is -0.145. The lowest BCUT2D eigenvalue weighted by Gasteiger charge is -2.37. The van der Waals surface area contributed by atoms with Crippen LogP contribution in [0.4, 0.5) is 4.79 Å². The number of amides is 2. The monoisotopic (exact) mass is 435 g/mol. The zero-order valence-electron chi connectivity index (χ0n) is 16.9. The van der Waals surface area contributed by atoms with Crippen molar-refractivity contribution in [2.45, 2.75) is 31.8 Å². The minimum Gasteiger partial charge on any atom is -0.467 e. The van der Waals surface area contributed by atoms with Gasteiger partial charge in [-0.3, -0.25) is 14.4 Å². The number of esters is 1. The second-order valence-electron chi connectivity index (χ2n) is 7.44. The Morgan fingerprint density at radius 1 is 1.30 bits per heavy atom. The summed E-state index contributed by atoms with van der Waals surface area (Å²) in [6, 6.07) is -0.950. The van der Waals surface area contributed by atoms with Gasteiger partial charge in [0.05, 0.1) is 28.8 Å². The number of halogens is 1. The first-order valence-electron chi connectivity index (χ1n) is 9.63. The second kappa shape index (κ2) is 7.75. The average Bonchev–Trinajstić information content (AvgIpc) is 3.27. The summed E-state index contributed by atoms with van der Waals surface area (Å²) in [7, 11) is 3.05. The topological polar surface area (TPSA) is 107 Å². The molecular formula is C19H22ClN5O5. The van der Waals surface area contributed by atoms with Gasteiger partial charge in [-0.25, -0.2) is 14.6 Å². The minimum atomic E-state index is -0.746. The highest BCUT2D eigenvalue weighted by atomic mass is 35.5. The van der Waals surface area contributed by atoms with Crippen LogP contribution >= 0.6 is 11.6 Å². The molecule has 30 heavy (non-hydrogen) atoms. The number of carbonyl (C=O) groups excluding carboxylic acids is 3. The molecule has 2 saturated heterocycles. The van der Waals surface area contributed by atoms with Gasteiger partial charge in [-0.2, -0.15) is 5.10 Å². The number of hydrogen-bond acceptors (Lipinski definition) is 7. The predicted octanol–water partition coefficient (Wildman–Crippen LogP) is 1.53. The third kappa shape index (κ3) is 3.24. The molecule has 4 rings (SSSR count). The number of hydrogen-bond donors (Lipinski definition) is 0. The Bertz CT molecular complexity index is 1030. The van der Waals surface area contributed by atoms with E-state index in [9.17, 15) is 14.4 Å². The van der Waals surface area contributed by atoms with Crippen molar-refractivity contribution in [2.24, 2.45) is 7.05 Å². The fourth-order valence-electron chi connectivity index (χ4n) is 4.19. The first-order valence-corrected chi connectivity index (χ1v) is 10.0. The van der Waals surface area contributed by atoms with Crippen molar-refractivity contribution in [3.63, 3.8) is 0 Å². The standard InChI is InChI=1S/C19H22ClN5O5/c1-10-14-15(20)12(8-21-16(14)23(2)22-10)17(26)24-6-4-11(5-7-24)25-13(18(27)29-3)9-30-19(25)28/h8,11,13H,4-7,9H2,1-3H3/t13-/m0/s1. The third-order valence-electron chi connectivity index (χ3n) is 5.72. The molecule has 0 spiro atoms. The SMILES string of the molecule is COC(=O)[C@@H]1COC(=O)N1C1CCN(C(=O)c2cnc3c(c(C)nn3C)c2Cl)CC1. The van der Waals surface area contributed by atoms with E-state index in [-0.39, 0.29) is 18.6 Å². The highest BCUT2D eigenvalue weighted by Crippen LogP contribution is 2.30. The summed E-state index contributed by atoms with van der Waals surface area (Å²) in [5.74, 6) is -0.720.